The number of halogens is 2. The molecule has 0 radical (unpaired) electrons. The van der Waals surface area contributed by atoms with Gasteiger partial charge in [-0.3, -0.25) is 0 Å². The van der Waals surface area contributed by atoms with Crippen LogP contribution in [0.3, 0.4) is 0 Å². The lowest BCUT2D eigenvalue weighted by atomic mass is 10.2. The minimum atomic E-state index is -0.513. The van der Waals surface area contributed by atoms with Crippen molar-refractivity contribution in [2.45, 2.75) is 13.3 Å². The number of rotatable bonds is 5. The number of aliphatic hydroxyl groups excluding tert-OH is 1. The molecule has 0 unspecified atom stereocenters. The van der Waals surface area contributed by atoms with Crippen LogP contribution < -0.4 is 10.6 Å². The molecule has 16 heavy (non-hydrogen) atoms. The fourth-order valence-electron chi connectivity index (χ4n) is 1.54. The van der Waals surface area contributed by atoms with Gasteiger partial charge in [-0.25, -0.2) is 4.39 Å². The number of nitrogens with two attached hydrogens (primary N) is 1. The van der Waals surface area contributed by atoms with Crippen molar-refractivity contribution in [2.24, 2.45) is 0 Å². The van der Waals surface area contributed by atoms with Gasteiger partial charge in [-0.05, 0) is 19.4 Å². The van der Waals surface area contributed by atoms with E-state index < -0.39 is 5.82 Å². The molecule has 0 fully saturated rings. The van der Waals surface area contributed by atoms with E-state index in [1.165, 1.54) is 12.1 Å². The van der Waals surface area contributed by atoms with E-state index in [2.05, 4.69) is 0 Å². The lowest BCUT2D eigenvalue weighted by Crippen LogP contribution is -2.25. The molecule has 0 aliphatic rings. The summed E-state index contributed by atoms with van der Waals surface area (Å²) in [6.45, 7) is 3.48. The van der Waals surface area contributed by atoms with Crippen LogP contribution in [0.5, 0.6) is 0 Å². The van der Waals surface area contributed by atoms with Crippen molar-refractivity contribution in [1.82, 2.24) is 0 Å². The Morgan fingerprint density at radius 3 is 2.75 bits per heavy atom. The molecule has 0 aliphatic heterocycles. The predicted octanol–water partition coefficient (Wildman–Crippen LogP) is 2.27. The van der Waals surface area contributed by atoms with Crippen LogP contribution in [0.4, 0.5) is 15.8 Å². The zero-order valence-electron chi connectivity index (χ0n) is 9.21. The lowest BCUT2D eigenvalue weighted by molar-refractivity contribution is 0.289. The first-order chi connectivity index (χ1) is 7.60. The van der Waals surface area contributed by atoms with E-state index in [1.807, 2.05) is 11.8 Å². The third kappa shape index (κ3) is 3.00. The summed E-state index contributed by atoms with van der Waals surface area (Å²) in [5.41, 5.74) is 6.81. The van der Waals surface area contributed by atoms with Gasteiger partial charge in [-0.1, -0.05) is 11.6 Å². The Balaban J connectivity index is 2.95. The normalized spacial score (nSPS) is 10.5. The molecule has 0 spiro atoms. The third-order valence-corrected chi connectivity index (χ3v) is 2.67. The number of aliphatic hydroxyl groups is 1. The molecule has 1 aromatic carbocycles. The van der Waals surface area contributed by atoms with E-state index in [4.69, 9.17) is 22.4 Å². The van der Waals surface area contributed by atoms with Crippen LogP contribution in [0.1, 0.15) is 13.3 Å². The van der Waals surface area contributed by atoms with E-state index in [1.54, 1.807) is 0 Å². The molecule has 0 atom stereocenters. The van der Waals surface area contributed by atoms with Crippen molar-refractivity contribution in [3.63, 3.8) is 0 Å². The van der Waals surface area contributed by atoms with Gasteiger partial charge in [-0.2, -0.15) is 0 Å². The summed E-state index contributed by atoms with van der Waals surface area (Å²) >= 11 is 5.71. The standard InChI is InChI=1S/C11H16ClFN2O/c1-2-15(4-3-5-16)11-6-8(12)9(13)7-10(11)14/h6-7,16H,2-5,14H2,1H3. The van der Waals surface area contributed by atoms with Gasteiger partial charge in [0.1, 0.15) is 5.82 Å². The Kier molecular flexibility index (Phi) is 4.83. The van der Waals surface area contributed by atoms with Crippen molar-refractivity contribution >= 4 is 23.0 Å². The minimum Gasteiger partial charge on any atom is -0.397 e. The maximum atomic E-state index is 13.1. The molecule has 0 aromatic heterocycles. The van der Waals surface area contributed by atoms with Gasteiger partial charge < -0.3 is 15.7 Å². The molecule has 0 saturated heterocycles. The van der Waals surface area contributed by atoms with Crippen LogP contribution in [0, 0.1) is 5.82 Å². The second kappa shape index (κ2) is 5.92. The molecular weight excluding hydrogens is 231 g/mol. The summed E-state index contributed by atoms with van der Waals surface area (Å²) in [7, 11) is 0. The molecule has 1 rings (SSSR count). The number of benzene rings is 1. The largest absolute Gasteiger partial charge is 0.397 e. The van der Waals surface area contributed by atoms with E-state index in [0.29, 0.717) is 24.3 Å². The highest BCUT2D eigenvalue weighted by atomic mass is 35.5. The quantitative estimate of drug-likeness (QED) is 0.784. The van der Waals surface area contributed by atoms with Crippen molar-refractivity contribution < 1.29 is 9.50 Å². The predicted molar refractivity (Wildman–Crippen MR) is 65.4 cm³/mol. The summed E-state index contributed by atoms with van der Waals surface area (Å²) in [5.74, 6) is -0.513. The zero-order valence-corrected chi connectivity index (χ0v) is 9.97. The molecule has 3 N–H and O–H groups in total. The van der Waals surface area contributed by atoms with E-state index in [9.17, 15) is 4.39 Å². The molecular formula is C11H16ClFN2O. The van der Waals surface area contributed by atoms with E-state index in [-0.39, 0.29) is 11.6 Å². The Labute approximate surface area is 99.6 Å². The number of hydrogen-bond acceptors (Lipinski definition) is 3. The average molecular weight is 247 g/mol. The Bertz CT molecular complexity index is 360. The first kappa shape index (κ1) is 13.1. The van der Waals surface area contributed by atoms with Gasteiger partial charge >= 0.3 is 0 Å². The minimum absolute atomic E-state index is 0.0617. The third-order valence-electron chi connectivity index (χ3n) is 2.38. The topological polar surface area (TPSA) is 49.5 Å². The number of nitrogen functional groups attached to an aromatic ring is 1. The fraction of sp³-hybridized carbons (Fsp3) is 0.455. The van der Waals surface area contributed by atoms with Crippen molar-refractivity contribution in [3.8, 4) is 0 Å². The number of anilines is 2. The van der Waals surface area contributed by atoms with Crippen LogP contribution in [0.2, 0.25) is 5.02 Å². The van der Waals surface area contributed by atoms with Crippen LogP contribution in [-0.4, -0.2) is 24.8 Å². The SMILES string of the molecule is CCN(CCCO)c1cc(Cl)c(F)cc1N. The van der Waals surface area contributed by atoms with Gasteiger partial charge in [0.15, 0.2) is 0 Å². The lowest BCUT2D eigenvalue weighted by Gasteiger charge is -2.24. The Morgan fingerprint density at radius 1 is 1.50 bits per heavy atom. The van der Waals surface area contributed by atoms with Gasteiger partial charge in [0.05, 0.1) is 16.4 Å². The Morgan fingerprint density at radius 2 is 2.19 bits per heavy atom. The molecule has 0 heterocycles. The summed E-state index contributed by atoms with van der Waals surface area (Å²) < 4.78 is 13.1. The highest BCUT2D eigenvalue weighted by Gasteiger charge is 2.11. The monoisotopic (exact) mass is 246 g/mol. The number of nitrogens with zero attached hydrogens (tertiary/aromatic N) is 1. The molecule has 0 aliphatic carbocycles. The molecule has 3 nitrogen and oxygen atoms in total. The van der Waals surface area contributed by atoms with Gasteiger partial charge in [-0.15, -0.1) is 0 Å². The van der Waals surface area contributed by atoms with E-state index >= 15 is 0 Å². The van der Waals surface area contributed by atoms with Gasteiger partial charge in [0, 0.05) is 25.8 Å². The molecule has 0 saturated carbocycles. The summed E-state index contributed by atoms with van der Waals surface area (Å²) in [5, 5.41) is 8.84. The summed E-state index contributed by atoms with van der Waals surface area (Å²) in [6, 6.07) is 2.74. The summed E-state index contributed by atoms with van der Waals surface area (Å²) in [6.07, 6.45) is 0.641. The maximum Gasteiger partial charge on any atom is 0.143 e. The Hall–Kier alpha value is -1.00. The van der Waals surface area contributed by atoms with Gasteiger partial charge in [0.2, 0.25) is 0 Å². The molecule has 90 valence electrons. The molecule has 0 amide bonds. The summed E-state index contributed by atoms with van der Waals surface area (Å²) in [4.78, 5) is 1.96. The van der Waals surface area contributed by atoms with Crippen LogP contribution in [0.25, 0.3) is 0 Å². The highest BCUT2D eigenvalue weighted by molar-refractivity contribution is 6.31. The first-order valence-electron chi connectivity index (χ1n) is 5.20. The second-order valence-electron chi connectivity index (χ2n) is 3.48. The molecule has 0 bridgehead atoms. The molecule has 5 heteroatoms. The fourth-order valence-corrected chi connectivity index (χ4v) is 1.69. The van der Waals surface area contributed by atoms with E-state index in [0.717, 1.165) is 6.54 Å². The van der Waals surface area contributed by atoms with Crippen LogP contribution >= 0.6 is 11.6 Å². The smallest absolute Gasteiger partial charge is 0.143 e. The van der Waals surface area contributed by atoms with Crippen LogP contribution in [0.15, 0.2) is 12.1 Å². The second-order valence-corrected chi connectivity index (χ2v) is 3.89. The average Bonchev–Trinajstić information content (AvgIpc) is 2.26. The van der Waals surface area contributed by atoms with Crippen molar-refractivity contribution in [1.29, 1.82) is 0 Å². The maximum absolute atomic E-state index is 13.1. The highest BCUT2D eigenvalue weighted by Crippen LogP contribution is 2.29. The first-order valence-corrected chi connectivity index (χ1v) is 5.58. The van der Waals surface area contributed by atoms with Crippen molar-refractivity contribution in [3.05, 3.63) is 23.0 Å². The zero-order chi connectivity index (χ0) is 12.1. The van der Waals surface area contributed by atoms with Crippen molar-refractivity contribution in [2.75, 3.05) is 30.3 Å². The number of hydrogen-bond donors (Lipinski definition) is 2. The molecule has 1 aromatic rings. The van der Waals surface area contributed by atoms with Gasteiger partial charge in [0.25, 0.3) is 0 Å². The van der Waals surface area contributed by atoms with Crippen LogP contribution in [-0.2, 0) is 0 Å².